The molecular formula is C10H16N4O2. The number of hydrogen-bond donors (Lipinski definition) is 1. The number of carbonyl (C=O) groups is 1. The summed E-state index contributed by atoms with van der Waals surface area (Å²) in [6.45, 7) is 5.02. The lowest BCUT2D eigenvalue weighted by Crippen LogP contribution is -2.49. The van der Waals surface area contributed by atoms with Crippen molar-refractivity contribution < 1.29 is 9.32 Å². The molecule has 0 aliphatic carbocycles. The molecule has 2 unspecified atom stereocenters. The van der Waals surface area contributed by atoms with Gasteiger partial charge in [0, 0.05) is 26.1 Å². The van der Waals surface area contributed by atoms with E-state index in [0.717, 1.165) is 6.42 Å². The minimum absolute atomic E-state index is 0.0423. The second-order valence-corrected chi connectivity index (χ2v) is 4.45. The maximum absolute atomic E-state index is 12.0. The molecule has 2 N–H and O–H groups in total. The van der Waals surface area contributed by atoms with E-state index in [-0.39, 0.29) is 17.8 Å². The molecule has 0 spiro atoms. The second kappa shape index (κ2) is 4.21. The number of nitrogens with two attached hydrogens (primary N) is 1. The highest BCUT2D eigenvalue weighted by molar-refractivity contribution is 5.90. The highest BCUT2D eigenvalue weighted by atomic mass is 16.5. The van der Waals surface area contributed by atoms with Gasteiger partial charge in [0.15, 0.2) is 0 Å². The standard InChI is InChI=1S/C10H16N4O2/c1-6-3-8(11)5-14(4-6)10(15)9-12-7(2)16-13-9/h6,8H,3-5,11H2,1-2H3. The smallest absolute Gasteiger partial charge is 0.295 e. The quantitative estimate of drug-likeness (QED) is 0.735. The van der Waals surface area contributed by atoms with E-state index in [4.69, 9.17) is 10.3 Å². The summed E-state index contributed by atoms with van der Waals surface area (Å²) in [5.74, 6) is 0.746. The summed E-state index contributed by atoms with van der Waals surface area (Å²) in [6, 6.07) is 0.0423. The summed E-state index contributed by atoms with van der Waals surface area (Å²) in [5, 5.41) is 3.62. The van der Waals surface area contributed by atoms with Crippen LogP contribution >= 0.6 is 0 Å². The monoisotopic (exact) mass is 224 g/mol. The first kappa shape index (κ1) is 11.1. The first-order valence-electron chi connectivity index (χ1n) is 5.41. The van der Waals surface area contributed by atoms with E-state index in [1.807, 2.05) is 0 Å². The third-order valence-electron chi connectivity index (χ3n) is 2.70. The van der Waals surface area contributed by atoms with Crippen LogP contribution in [0.25, 0.3) is 0 Å². The molecule has 88 valence electrons. The molecule has 1 saturated heterocycles. The fourth-order valence-corrected chi connectivity index (χ4v) is 2.09. The molecule has 1 aromatic rings. The molecule has 2 heterocycles. The molecule has 0 aromatic carbocycles. The van der Waals surface area contributed by atoms with Gasteiger partial charge in [-0.1, -0.05) is 12.1 Å². The third kappa shape index (κ3) is 2.21. The fraction of sp³-hybridized carbons (Fsp3) is 0.700. The van der Waals surface area contributed by atoms with Crippen LogP contribution in [0, 0.1) is 12.8 Å². The van der Waals surface area contributed by atoms with Crippen LogP contribution in [0.1, 0.15) is 29.9 Å². The predicted octanol–water partition coefficient (Wildman–Crippen LogP) is 0.187. The number of likely N-dealkylation sites (tertiary alicyclic amines) is 1. The van der Waals surface area contributed by atoms with Crippen molar-refractivity contribution in [2.75, 3.05) is 13.1 Å². The van der Waals surface area contributed by atoms with Crippen molar-refractivity contribution in [3.8, 4) is 0 Å². The van der Waals surface area contributed by atoms with Gasteiger partial charge in [-0.15, -0.1) is 0 Å². The number of amides is 1. The molecule has 0 saturated carbocycles. The minimum Gasteiger partial charge on any atom is -0.339 e. The first-order valence-corrected chi connectivity index (χ1v) is 5.41. The van der Waals surface area contributed by atoms with Crippen molar-refractivity contribution in [1.82, 2.24) is 15.0 Å². The van der Waals surface area contributed by atoms with Gasteiger partial charge in [0.05, 0.1) is 0 Å². The molecule has 16 heavy (non-hydrogen) atoms. The van der Waals surface area contributed by atoms with Crippen molar-refractivity contribution in [2.24, 2.45) is 11.7 Å². The lowest BCUT2D eigenvalue weighted by molar-refractivity contribution is 0.0645. The van der Waals surface area contributed by atoms with Crippen LogP contribution in [0.3, 0.4) is 0 Å². The highest BCUT2D eigenvalue weighted by Crippen LogP contribution is 2.16. The number of piperidine rings is 1. The number of hydrogen-bond acceptors (Lipinski definition) is 5. The SMILES string of the molecule is Cc1nc(C(=O)N2CC(C)CC(N)C2)no1. The van der Waals surface area contributed by atoms with Crippen LogP contribution < -0.4 is 5.73 Å². The summed E-state index contributed by atoms with van der Waals surface area (Å²) in [6.07, 6.45) is 0.953. The van der Waals surface area contributed by atoms with Gasteiger partial charge in [-0.05, 0) is 12.3 Å². The largest absolute Gasteiger partial charge is 0.339 e. The van der Waals surface area contributed by atoms with Crippen molar-refractivity contribution in [3.63, 3.8) is 0 Å². The topological polar surface area (TPSA) is 85.2 Å². The first-order chi connectivity index (χ1) is 7.56. The molecule has 0 radical (unpaired) electrons. The van der Waals surface area contributed by atoms with Crippen LogP contribution in [0.5, 0.6) is 0 Å². The van der Waals surface area contributed by atoms with Crippen molar-refractivity contribution in [2.45, 2.75) is 26.3 Å². The number of rotatable bonds is 1. The predicted molar refractivity (Wildman–Crippen MR) is 56.7 cm³/mol. The van der Waals surface area contributed by atoms with Gasteiger partial charge in [0.1, 0.15) is 0 Å². The van der Waals surface area contributed by atoms with Crippen LogP contribution in [0.2, 0.25) is 0 Å². The Bertz CT molecular complexity index is 380. The molecular weight excluding hydrogens is 208 g/mol. The van der Waals surface area contributed by atoms with Gasteiger partial charge in [-0.25, -0.2) is 0 Å². The zero-order chi connectivity index (χ0) is 11.7. The number of aromatic nitrogens is 2. The Hall–Kier alpha value is -1.43. The van der Waals surface area contributed by atoms with Gasteiger partial charge in [0.25, 0.3) is 11.7 Å². The Balaban J connectivity index is 2.09. The molecule has 1 aliphatic rings. The molecule has 0 bridgehead atoms. The Morgan fingerprint density at radius 3 is 2.88 bits per heavy atom. The van der Waals surface area contributed by atoms with Gasteiger partial charge < -0.3 is 15.2 Å². The molecule has 1 aliphatic heterocycles. The number of carbonyl (C=O) groups excluding carboxylic acids is 1. The van der Waals surface area contributed by atoms with E-state index in [9.17, 15) is 4.79 Å². The van der Waals surface area contributed by atoms with Gasteiger partial charge in [-0.2, -0.15) is 4.98 Å². The molecule has 6 heteroatoms. The van der Waals surface area contributed by atoms with Crippen molar-refractivity contribution in [1.29, 1.82) is 0 Å². The lowest BCUT2D eigenvalue weighted by Gasteiger charge is -2.33. The Labute approximate surface area is 93.8 Å². The summed E-state index contributed by atoms with van der Waals surface area (Å²) in [7, 11) is 0. The zero-order valence-corrected chi connectivity index (χ0v) is 9.51. The van der Waals surface area contributed by atoms with E-state index in [1.165, 1.54) is 0 Å². The molecule has 6 nitrogen and oxygen atoms in total. The number of nitrogens with zero attached hydrogens (tertiary/aromatic N) is 3. The second-order valence-electron chi connectivity index (χ2n) is 4.45. The van der Waals surface area contributed by atoms with Crippen molar-refractivity contribution in [3.05, 3.63) is 11.7 Å². The van der Waals surface area contributed by atoms with E-state index in [2.05, 4.69) is 17.1 Å². The van der Waals surface area contributed by atoms with Crippen LogP contribution in [-0.2, 0) is 0 Å². The Morgan fingerprint density at radius 2 is 2.31 bits per heavy atom. The van der Waals surface area contributed by atoms with Crippen molar-refractivity contribution >= 4 is 5.91 Å². The third-order valence-corrected chi connectivity index (χ3v) is 2.70. The van der Waals surface area contributed by atoms with E-state index in [0.29, 0.717) is 24.9 Å². The highest BCUT2D eigenvalue weighted by Gasteiger charge is 2.28. The van der Waals surface area contributed by atoms with Gasteiger partial charge >= 0.3 is 0 Å². The fourth-order valence-electron chi connectivity index (χ4n) is 2.09. The van der Waals surface area contributed by atoms with E-state index >= 15 is 0 Å². The van der Waals surface area contributed by atoms with Crippen LogP contribution in [-0.4, -0.2) is 40.1 Å². The Kier molecular flexibility index (Phi) is 2.91. The van der Waals surface area contributed by atoms with Gasteiger partial charge in [-0.3, -0.25) is 4.79 Å². The molecule has 2 rings (SSSR count). The summed E-state index contributed by atoms with van der Waals surface area (Å²) < 4.78 is 4.79. The molecule has 1 amide bonds. The molecule has 1 aromatic heterocycles. The zero-order valence-electron chi connectivity index (χ0n) is 9.51. The van der Waals surface area contributed by atoms with E-state index in [1.54, 1.807) is 11.8 Å². The molecule has 1 fully saturated rings. The normalized spacial score (nSPS) is 25.8. The molecule has 2 atom stereocenters. The maximum atomic E-state index is 12.0. The Morgan fingerprint density at radius 1 is 1.56 bits per heavy atom. The average Bonchev–Trinajstić information content (AvgIpc) is 2.62. The van der Waals surface area contributed by atoms with Gasteiger partial charge in [0.2, 0.25) is 5.89 Å². The summed E-state index contributed by atoms with van der Waals surface area (Å²) in [4.78, 5) is 17.6. The lowest BCUT2D eigenvalue weighted by atomic mass is 9.96. The average molecular weight is 224 g/mol. The number of aryl methyl sites for hydroxylation is 1. The van der Waals surface area contributed by atoms with Crippen LogP contribution in [0.4, 0.5) is 0 Å². The minimum atomic E-state index is -0.196. The summed E-state index contributed by atoms with van der Waals surface area (Å²) in [5.41, 5.74) is 5.88. The summed E-state index contributed by atoms with van der Waals surface area (Å²) >= 11 is 0. The maximum Gasteiger partial charge on any atom is 0.295 e. The van der Waals surface area contributed by atoms with E-state index < -0.39 is 0 Å². The van der Waals surface area contributed by atoms with Crippen LogP contribution in [0.15, 0.2) is 4.52 Å².